The molecule has 0 aliphatic heterocycles. The van der Waals surface area contributed by atoms with E-state index in [0.717, 1.165) is 16.3 Å². The van der Waals surface area contributed by atoms with Crippen LogP contribution in [0.25, 0.3) is 11.5 Å². The molecule has 0 unspecified atom stereocenters. The van der Waals surface area contributed by atoms with Crippen molar-refractivity contribution in [3.63, 3.8) is 0 Å². The molecule has 0 N–H and O–H groups in total. The Labute approximate surface area is 98.1 Å². The summed E-state index contributed by atoms with van der Waals surface area (Å²) < 4.78 is 5.55. The standard InChI is InChI=1S/C12H10N2OS/c1-8-12(16-2)14-11(15-8)10-5-3-9(7-13)4-6-10/h3-6H,1-2H3. The number of hydrogen-bond donors (Lipinski definition) is 0. The number of nitriles is 1. The van der Waals surface area contributed by atoms with E-state index >= 15 is 0 Å². The third-order valence-electron chi connectivity index (χ3n) is 2.21. The van der Waals surface area contributed by atoms with Crippen LogP contribution >= 0.6 is 11.8 Å². The van der Waals surface area contributed by atoms with E-state index in [1.807, 2.05) is 25.3 Å². The molecule has 0 aliphatic carbocycles. The summed E-state index contributed by atoms with van der Waals surface area (Å²) >= 11 is 1.56. The zero-order chi connectivity index (χ0) is 11.5. The van der Waals surface area contributed by atoms with Gasteiger partial charge in [-0.15, -0.1) is 11.8 Å². The maximum Gasteiger partial charge on any atom is 0.227 e. The van der Waals surface area contributed by atoms with E-state index in [1.54, 1.807) is 23.9 Å². The van der Waals surface area contributed by atoms with Crippen molar-refractivity contribution >= 4 is 11.8 Å². The topological polar surface area (TPSA) is 49.8 Å². The van der Waals surface area contributed by atoms with Crippen molar-refractivity contribution in [2.45, 2.75) is 11.9 Å². The minimum absolute atomic E-state index is 0.603. The van der Waals surface area contributed by atoms with Gasteiger partial charge in [0, 0.05) is 5.56 Å². The Morgan fingerprint density at radius 2 is 2.00 bits per heavy atom. The van der Waals surface area contributed by atoms with Crippen molar-refractivity contribution in [2.24, 2.45) is 0 Å². The summed E-state index contributed by atoms with van der Waals surface area (Å²) in [7, 11) is 0. The summed E-state index contributed by atoms with van der Waals surface area (Å²) in [6, 6.07) is 9.28. The Hall–Kier alpha value is -1.73. The van der Waals surface area contributed by atoms with Crippen molar-refractivity contribution in [1.82, 2.24) is 4.98 Å². The molecule has 0 spiro atoms. The molecule has 4 heteroatoms. The van der Waals surface area contributed by atoms with Crippen LogP contribution in [0.2, 0.25) is 0 Å². The van der Waals surface area contributed by atoms with Gasteiger partial charge in [-0.1, -0.05) is 0 Å². The summed E-state index contributed by atoms with van der Waals surface area (Å²) in [5, 5.41) is 9.60. The highest BCUT2D eigenvalue weighted by Crippen LogP contribution is 2.26. The monoisotopic (exact) mass is 230 g/mol. The molecule has 0 fully saturated rings. The van der Waals surface area contributed by atoms with E-state index in [2.05, 4.69) is 11.1 Å². The van der Waals surface area contributed by atoms with Crippen LogP contribution in [-0.4, -0.2) is 11.2 Å². The van der Waals surface area contributed by atoms with Gasteiger partial charge in [0.25, 0.3) is 0 Å². The lowest BCUT2D eigenvalue weighted by Gasteiger charge is -1.94. The second-order valence-electron chi connectivity index (χ2n) is 3.27. The van der Waals surface area contributed by atoms with Crippen LogP contribution < -0.4 is 0 Å². The van der Waals surface area contributed by atoms with E-state index in [4.69, 9.17) is 9.68 Å². The normalized spacial score (nSPS) is 10.1. The number of aromatic nitrogens is 1. The molecule has 0 atom stereocenters. The highest BCUT2D eigenvalue weighted by molar-refractivity contribution is 7.98. The summed E-state index contributed by atoms with van der Waals surface area (Å²) in [5.41, 5.74) is 1.53. The summed E-state index contributed by atoms with van der Waals surface area (Å²) in [4.78, 5) is 4.37. The van der Waals surface area contributed by atoms with Gasteiger partial charge in [-0.2, -0.15) is 5.26 Å². The smallest absolute Gasteiger partial charge is 0.227 e. The van der Waals surface area contributed by atoms with Gasteiger partial charge in [-0.3, -0.25) is 0 Å². The first-order valence-electron chi connectivity index (χ1n) is 4.76. The van der Waals surface area contributed by atoms with Gasteiger partial charge < -0.3 is 4.42 Å². The summed E-state index contributed by atoms with van der Waals surface area (Å²) in [6.45, 7) is 1.89. The van der Waals surface area contributed by atoms with E-state index in [9.17, 15) is 0 Å². The number of aryl methyl sites for hydroxylation is 1. The molecule has 1 aromatic heterocycles. The minimum atomic E-state index is 0.603. The van der Waals surface area contributed by atoms with Gasteiger partial charge in [-0.05, 0) is 37.4 Å². The fourth-order valence-electron chi connectivity index (χ4n) is 1.38. The highest BCUT2D eigenvalue weighted by Gasteiger charge is 2.10. The lowest BCUT2D eigenvalue weighted by molar-refractivity contribution is 0.537. The molecule has 80 valence electrons. The first-order valence-corrected chi connectivity index (χ1v) is 5.99. The lowest BCUT2D eigenvalue weighted by atomic mass is 10.1. The third kappa shape index (κ3) is 1.95. The predicted molar refractivity (Wildman–Crippen MR) is 63.2 cm³/mol. The molecular formula is C12H10N2OS. The SMILES string of the molecule is CSc1nc(-c2ccc(C#N)cc2)oc1C. The van der Waals surface area contributed by atoms with Crippen LogP contribution in [0.5, 0.6) is 0 Å². The van der Waals surface area contributed by atoms with Crippen LogP contribution in [0.4, 0.5) is 0 Å². The van der Waals surface area contributed by atoms with Gasteiger partial charge in [0.1, 0.15) is 10.8 Å². The Kier molecular flexibility index (Phi) is 2.97. The molecule has 0 saturated carbocycles. The predicted octanol–water partition coefficient (Wildman–Crippen LogP) is 3.24. The number of thioether (sulfide) groups is 1. The van der Waals surface area contributed by atoms with Crippen LogP contribution in [0.1, 0.15) is 11.3 Å². The quantitative estimate of drug-likeness (QED) is 0.743. The first-order chi connectivity index (χ1) is 7.74. The fraction of sp³-hybridized carbons (Fsp3) is 0.167. The van der Waals surface area contributed by atoms with Gasteiger partial charge in [-0.25, -0.2) is 4.98 Å². The highest BCUT2D eigenvalue weighted by atomic mass is 32.2. The average Bonchev–Trinajstić information content (AvgIpc) is 2.71. The van der Waals surface area contributed by atoms with Crippen LogP contribution in [0, 0.1) is 18.3 Å². The van der Waals surface area contributed by atoms with E-state index in [-0.39, 0.29) is 0 Å². The van der Waals surface area contributed by atoms with Crippen molar-refractivity contribution in [2.75, 3.05) is 6.26 Å². The molecule has 1 heterocycles. The molecule has 0 aliphatic rings. The summed E-state index contributed by atoms with van der Waals surface area (Å²) in [6.07, 6.45) is 1.97. The van der Waals surface area contributed by atoms with Crippen molar-refractivity contribution < 1.29 is 4.42 Å². The maximum absolute atomic E-state index is 8.69. The molecular weight excluding hydrogens is 220 g/mol. The van der Waals surface area contributed by atoms with Gasteiger partial charge in [0.15, 0.2) is 0 Å². The second-order valence-corrected chi connectivity index (χ2v) is 4.07. The molecule has 16 heavy (non-hydrogen) atoms. The number of nitrogens with zero attached hydrogens (tertiary/aromatic N) is 2. The molecule has 3 nitrogen and oxygen atoms in total. The van der Waals surface area contributed by atoms with E-state index in [0.29, 0.717) is 11.5 Å². The molecule has 0 saturated heterocycles. The minimum Gasteiger partial charge on any atom is -0.440 e. The second kappa shape index (κ2) is 4.42. The Balaban J connectivity index is 2.39. The Bertz CT molecular complexity index is 537. The molecule has 2 aromatic rings. The first kappa shape index (κ1) is 10.8. The number of hydrogen-bond acceptors (Lipinski definition) is 4. The number of benzene rings is 1. The average molecular weight is 230 g/mol. The Morgan fingerprint density at radius 3 is 2.50 bits per heavy atom. The molecule has 2 rings (SSSR count). The maximum atomic E-state index is 8.69. The van der Waals surface area contributed by atoms with Crippen molar-refractivity contribution in [3.8, 4) is 17.5 Å². The lowest BCUT2D eigenvalue weighted by Crippen LogP contribution is -1.79. The zero-order valence-corrected chi connectivity index (χ0v) is 9.84. The molecule has 0 radical (unpaired) electrons. The fourth-order valence-corrected chi connectivity index (χ4v) is 1.89. The molecule has 1 aromatic carbocycles. The largest absolute Gasteiger partial charge is 0.440 e. The van der Waals surface area contributed by atoms with E-state index < -0.39 is 0 Å². The summed E-state index contributed by atoms with van der Waals surface area (Å²) in [5.74, 6) is 1.43. The Morgan fingerprint density at radius 1 is 1.31 bits per heavy atom. The van der Waals surface area contributed by atoms with Crippen LogP contribution in [0.15, 0.2) is 33.7 Å². The van der Waals surface area contributed by atoms with Gasteiger partial charge >= 0.3 is 0 Å². The van der Waals surface area contributed by atoms with Crippen molar-refractivity contribution in [3.05, 3.63) is 35.6 Å². The van der Waals surface area contributed by atoms with E-state index in [1.165, 1.54) is 0 Å². The molecule has 0 amide bonds. The number of oxazole rings is 1. The van der Waals surface area contributed by atoms with Crippen LogP contribution in [0.3, 0.4) is 0 Å². The third-order valence-corrected chi connectivity index (χ3v) is 2.97. The molecule has 0 bridgehead atoms. The number of rotatable bonds is 2. The van der Waals surface area contributed by atoms with Crippen molar-refractivity contribution in [1.29, 1.82) is 5.26 Å². The zero-order valence-electron chi connectivity index (χ0n) is 9.02. The van der Waals surface area contributed by atoms with Gasteiger partial charge in [0.2, 0.25) is 5.89 Å². The van der Waals surface area contributed by atoms with Gasteiger partial charge in [0.05, 0.1) is 11.6 Å². The van der Waals surface area contributed by atoms with Crippen LogP contribution in [-0.2, 0) is 0 Å².